The minimum Gasteiger partial charge on any atom is -0.308 e. The first-order chi connectivity index (χ1) is 8.85. The fraction of sp³-hybridized carbons (Fsp3) is 0.429. The summed E-state index contributed by atoms with van der Waals surface area (Å²) >= 11 is 5.94. The van der Waals surface area contributed by atoms with Crippen LogP contribution in [0.15, 0.2) is 24.7 Å². The Morgan fingerprint density at radius 2 is 2.05 bits per heavy atom. The van der Waals surface area contributed by atoms with Crippen LogP contribution in [0.5, 0.6) is 0 Å². The largest absolute Gasteiger partial charge is 0.308 e. The Morgan fingerprint density at radius 3 is 2.63 bits per heavy atom. The van der Waals surface area contributed by atoms with Gasteiger partial charge in [-0.25, -0.2) is 4.68 Å². The second-order valence-corrected chi connectivity index (χ2v) is 6.10. The van der Waals surface area contributed by atoms with E-state index in [2.05, 4.69) is 36.2 Å². The fourth-order valence-electron chi connectivity index (χ4n) is 1.72. The Kier molecular flexibility index (Phi) is 3.92. The van der Waals surface area contributed by atoms with Crippen LogP contribution in [0.4, 0.5) is 0 Å². The van der Waals surface area contributed by atoms with Gasteiger partial charge in [0.25, 0.3) is 0 Å². The first kappa shape index (κ1) is 14.0. The predicted octanol–water partition coefficient (Wildman–Crippen LogP) is 3.12. The number of nitrogens with zero attached hydrogens (tertiary/aromatic N) is 3. The number of nitrogens with one attached hydrogen (secondary N) is 1. The van der Waals surface area contributed by atoms with Crippen LogP contribution in [0, 0.1) is 6.92 Å². The SMILES string of the molecule is Cc1cc(-n2cc(Cl)cn2)c(CNC(C)(C)C)cn1. The molecule has 5 heteroatoms. The van der Waals surface area contributed by atoms with Crippen molar-refractivity contribution in [2.45, 2.75) is 39.8 Å². The number of hydrogen-bond donors (Lipinski definition) is 1. The van der Waals surface area contributed by atoms with Crippen LogP contribution < -0.4 is 5.32 Å². The van der Waals surface area contributed by atoms with Gasteiger partial charge in [-0.1, -0.05) is 11.6 Å². The molecule has 0 amide bonds. The first-order valence-electron chi connectivity index (χ1n) is 6.26. The second kappa shape index (κ2) is 5.31. The molecule has 2 rings (SSSR count). The van der Waals surface area contributed by atoms with E-state index in [0.29, 0.717) is 5.02 Å². The molecule has 0 spiro atoms. The van der Waals surface area contributed by atoms with Crippen molar-refractivity contribution >= 4 is 11.6 Å². The van der Waals surface area contributed by atoms with E-state index in [0.717, 1.165) is 23.5 Å². The van der Waals surface area contributed by atoms with E-state index < -0.39 is 0 Å². The fourth-order valence-corrected chi connectivity index (χ4v) is 1.85. The second-order valence-electron chi connectivity index (χ2n) is 5.66. The van der Waals surface area contributed by atoms with Crippen molar-refractivity contribution in [3.63, 3.8) is 0 Å². The van der Waals surface area contributed by atoms with Crippen LogP contribution in [-0.4, -0.2) is 20.3 Å². The van der Waals surface area contributed by atoms with Gasteiger partial charge in [-0.05, 0) is 33.8 Å². The van der Waals surface area contributed by atoms with Crippen LogP contribution in [0.25, 0.3) is 5.69 Å². The smallest absolute Gasteiger partial charge is 0.0790 e. The van der Waals surface area contributed by atoms with E-state index in [1.165, 1.54) is 0 Å². The quantitative estimate of drug-likeness (QED) is 0.938. The molecule has 0 saturated carbocycles. The highest BCUT2D eigenvalue weighted by Crippen LogP contribution is 2.17. The van der Waals surface area contributed by atoms with Crippen LogP contribution in [0.1, 0.15) is 32.0 Å². The van der Waals surface area contributed by atoms with Crippen LogP contribution in [0.2, 0.25) is 5.02 Å². The van der Waals surface area contributed by atoms with Crippen molar-refractivity contribution in [3.05, 3.63) is 40.9 Å². The summed E-state index contributed by atoms with van der Waals surface area (Å²) in [5.41, 5.74) is 3.13. The Hall–Kier alpha value is -1.39. The Bertz CT molecular complexity index is 569. The molecule has 1 N–H and O–H groups in total. The monoisotopic (exact) mass is 278 g/mol. The summed E-state index contributed by atoms with van der Waals surface area (Å²) in [6.45, 7) is 9.12. The zero-order valence-corrected chi connectivity index (χ0v) is 12.5. The van der Waals surface area contributed by atoms with E-state index in [9.17, 15) is 0 Å². The number of rotatable bonds is 3. The maximum atomic E-state index is 5.94. The van der Waals surface area contributed by atoms with Crippen molar-refractivity contribution in [3.8, 4) is 5.69 Å². The summed E-state index contributed by atoms with van der Waals surface area (Å²) in [6, 6.07) is 2.02. The third-order valence-electron chi connectivity index (χ3n) is 2.71. The van der Waals surface area contributed by atoms with Gasteiger partial charge in [-0.2, -0.15) is 5.10 Å². The Labute approximate surface area is 118 Å². The van der Waals surface area contributed by atoms with Gasteiger partial charge >= 0.3 is 0 Å². The normalized spacial score (nSPS) is 11.8. The summed E-state index contributed by atoms with van der Waals surface area (Å²) in [6.07, 6.45) is 5.33. The van der Waals surface area contributed by atoms with Crippen molar-refractivity contribution in [1.82, 2.24) is 20.1 Å². The lowest BCUT2D eigenvalue weighted by Gasteiger charge is -2.21. The summed E-state index contributed by atoms with van der Waals surface area (Å²) in [7, 11) is 0. The first-order valence-corrected chi connectivity index (χ1v) is 6.64. The standard InChI is InChI=1S/C14H19ClN4/c1-10-5-13(19-9-12(15)8-18-19)11(6-16-10)7-17-14(2,3)4/h5-6,8-9,17H,7H2,1-4H3. The minimum atomic E-state index is 0.0594. The van der Waals surface area contributed by atoms with Crippen molar-refractivity contribution in [2.24, 2.45) is 0 Å². The van der Waals surface area contributed by atoms with E-state index in [1.807, 2.05) is 19.2 Å². The summed E-state index contributed by atoms with van der Waals surface area (Å²) in [5, 5.41) is 8.35. The Balaban J connectivity index is 2.33. The van der Waals surface area contributed by atoms with Gasteiger partial charge in [0, 0.05) is 35.7 Å². The number of halogens is 1. The van der Waals surface area contributed by atoms with E-state index >= 15 is 0 Å². The molecule has 2 heterocycles. The molecule has 102 valence electrons. The maximum absolute atomic E-state index is 5.94. The molecule has 19 heavy (non-hydrogen) atoms. The molecule has 0 unspecified atom stereocenters. The van der Waals surface area contributed by atoms with E-state index in [4.69, 9.17) is 11.6 Å². The third-order valence-corrected chi connectivity index (χ3v) is 2.90. The lowest BCUT2D eigenvalue weighted by molar-refractivity contribution is 0.423. The molecule has 0 atom stereocenters. The highest BCUT2D eigenvalue weighted by molar-refractivity contribution is 6.30. The number of aryl methyl sites for hydroxylation is 1. The highest BCUT2D eigenvalue weighted by Gasteiger charge is 2.12. The predicted molar refractivity (Wildman–Crippen MR) is 77.7 cm³/mol. The van der Waals surface area contributed by atoms with Gasteiger partial charge in [0.05, 0.1) is 16.9 Å². The molecule has 0 fully saturated rings. The summed E-state index contributed by atoms with van der Waals surface area (Å²) in [5.74, 6) is 0. The van der Waals surface area contributed by atoms with Crippen molar-refractivity contribution in [1.29, 1.82) is 0 Å². The molecule has 4 nitrogen and oxygen atoms in total. The van der Waals surface area contributed by atoms with E-state index in [1.54, 1.807) is 17.1 Å². The number of aromatic nitrogens is 3. The van der Waals surface area contributed by atoms with Crippen molar-refractivity contribution < 1.29 is 0 Å². The van der Waals surface area contributed by atoms with Gasteiger partial charge in [0.2, 0.25) is 0 Å². The number of hydrogen-bond acceptors (Lipinski definition) is 3. The topological polar surface area (TPSA) is 42.7 Å². The third kappa shape index (κ3) is 3.78. The molecular formula is C14H19ClN4. The summed E-state index contributed by atoms with van der Waals surface area (Å²) < 4.78 is 1.79. The molecule has 0 saturated heterocycles. The Morgan fingerprint density at radius 1 is 1.32 bits per heavy atom. The van der Waals surface area contributed by atoms with Crippen LogP contribution >= 0.6 is 11.6 Å². The van der Waals surface area contributed by atoms with Crippen molar-refractivity contribution in [2.75, 3.05) is 0 Å². The molecule has 0 aliphatic rings. The molecule has 2 aromatic heterocycles. The molecule has 0 aromatic carbocycles. The van der Waals surface area contributed by atoms with Crippen LogP contribution in [0.3, 0.4) is 0 Å². The molecule has 2 aromatic rings. The van der Waals surface area contributed by atoms with Gasteiger partial charge in [0.15, 0.2) is 0 Å². The lowest BCUT2D eigenvalue weighted by Crippen LogP contribution is -2.35. The zero-order chi connectivity index (χ0) is 14.0. The highest BCUT2D eigenvalue weighted by atomic mass is 35.5. The average Bonchev–Trinajstić information content (AvgIpc) is 2.73. The van der Waals surface area contributed by atoms with Gasteiger partial charge in [0.1, 0.15) is 0 Å². The minimum absolute atomic E-state index is 0.0594. The molecular weight excluding hydrogens is 260 g/mol. The summed E-state index contributed by atoms with van der Waals surface area (Å²) in [4.78, 5) is 4.36. The molecule has 0 aliphatic heterocycles. The number of pyridine rings is 1. The average molecular weight is 279 g/mol. The molecule has 0 bridgehead atoms. The van der Waals surface area contributed by atoms with Crippen LogP contribution in [-0.2, 0) is 6.54 Å². The van der Waals surface area contributed by atoms with E-state index in [-0.39, 0.29) is 5.54 Å². The molecule has 0 aliphatic carbocycles. The molecule has 0 radical (unpaired) electrons. The van der Waals surface area contributed by atoms with Gasteiger partial charge < -0.3 is 5.32 Å². The zero-order valence-electron chi connectivity index (χ0n) is 11.7. The van der Waals surface area contributed by atoms with Gasteiger partial charge in [-0.3, -0.25) is 4.98 Å². The maximum Gasteiger partial charge on any atom is 0.0790 e. The lowest BCUT2D eigenvalue weighted by atomic mass is 10.1. The van der Waals surface area contributed by atoms with Gasteiger partial charge in [-0.15, -0.1) is 0 Å².